The Bertz CT molecular complexity index is 515. The van der Waals surface area contributed by atoms with E-state index in [9.17, 15) is 4.79 Å². The third-order valence-electron chi connectivity index (χ3n) is 4.95. The lowest BCUT2D eigenvalue weighted by Gasteiger charge is -2.34. The van der Waals surface area contributed by atoms with Gasteiger partial charge in [-0.25, -0.2) is 0 Å². The van der Waals surface area contributed by atoms with Gasteiger partial charge in [-0.15, -0.1) is 0 Å². The molecule has 0 spiro atoms. The fourth-order valence-corrected chi connectivity index (χ4v) is 3.60. The predicted molar refractivity (Wildman–Crippen MR) is 81.8 cm³/mol. The van der Waals surface area contributed by atoms with Gasteiger partial charge in [-0.1, -0.05) is 31.4 Å². The summed E-state index contributed by atoms with van der Waals surface area (Å²) in [4.78, 5) is 12.6. The van der Waals surface area contributed by atoms with E-state index in [0.717, 1.165) is 50.9 Å². The second-order valence-electron chi connectivity index (χ2n) is 6.22. The molecule has 0 amide bonds. The van der Waals surface area contributed by atoms with Gasteiger partial charge in [0.25, 0.3) is 0 Å². The third-order valence-corrected chi connectivity index (χ3v) is 4.95. The Kier molecular flexibility index (Phi) is 4.29. The molecule has 0 aromatic heterocycles. The van der Waals surface area contributed by atoms with E-state index < -0.39 is 5.60 Å². The zero-order valence-electron chi connectivity index (χ0n) is 12.8. The minimum atomic E-state index is -0.502. The summed E-state index contributed by atoms with van der Waals surface area (Å²) in [6.45, 7) is 0.782. The standard InChI is InChI=1S/C18H24O3/c1-20-18(10-3-2-4-11-18)17(19)8-6-14-5-7-16-15(13-14)9-12-21-16/h5,7,13H,2-4,6,8-12H2,1H3. The molecule has 1 saturated carbocycles. The molecule has 0 saturated heterocycles. The first-order valence-corrected chi connectivity index (χ1v) is 8.07. The van der Waals surface area contributed by atoms with E-state index in [-0.39, 0.29) is 5.78 Å². The summed E-state index contributed by atoms with van der Waals surface area (Å²) in [5.74, 6) is 1.28. The third kappa shape index (κ3) is 2.98. The van der Waals surface area contributed by atoms with Crippen LogP contribution in [0.2, 0.25) is 0 Å². The van der Waals surface area contributed by atoms with Gasteiger partial charge in [0.2, 0.25) is 0 Å². The highest BCUT2D eigenvalue weighted by atomic mass is 16.5. The Morgan fingerprint density at radius 2 is 2.10 bits per heavy atom. The van der Waals surface area contributed by atoms with Crippen LogP contribution in [0.3, 0.4) is 0 Å². The van der Waals surface area contributed by atoms with Crippen LogP contribution in [0, 0.1) is 0 Å². The van der Waals surface area contributed by atoms with E-state index >= 15 is 0 Å². The molecule has 2 aliphatic rings. The van der Waals surface area contributed by atoms with Crippen LogP contribution in [0.5, 0.6) is 5.75 Å². The van der Waals surface area contributed by atoms with Crippen LogP contribution in [0.1, 0.15) is 49.7 Å². The number of ketones is 1. The zero-order chi connectivity index (χ0) is 14.7. The molecule has 0 N–H and O–H groups in total. The Labute approximate surface area is 126 Å². The number of ether oxygens (including phenoxy) is 2. The minimum absolute atomic E-state index is 0.279. The van der Waals surface area contributed by atoms with Gasteiger partial charge in [0.15, 0.2) is 5.78 Å². The number of Topliss-reactive ketones (excluding diaryl/α,β-unsaturated/α-hetero) is 1. The normalized spacial score (nSPS) is 19.9. The molecule has 3 nitrogen and oxygen atoms in total. The van der Waals surface area contributed by atoms with Crippen molar-refractivity contribution in [1.29, 1.82) is 0 Å². The SMILES string of the molecule is COC1(C(=O)CCc2ccc3c(c2)CCO3)CCCCC1. The van der Waals surface area contributed by atoms with Crippen LogP contribution in [-0.4, -0.2) is 25.1 Å². The van der Waals surface area contributed by atoms with Gasteiger partial charge >= 0.3 is 0 Å². The summed E-state index contributed by atoms with van der Waals surface area (Å²) in [7, 11) is 1.69. The molecule has 1 aromatic carbocycles. The van der Waals surface area contributed by atoms with Gasteiger partial charge in [0.1, 0.15) is 11.4 Å². The Morgan fingerprint density at radius 3 is 2.86 bits per heavy atom. The topological polar surface area (TPSA) is 35.5 Å². The van der Waals surface area contributed by atoms with Crippen LogP contribution >= 0.6 is 0 Å². The molecule has 0 bridgehead atoms. The summed E-state index contributed by atoms with van der Waals surface area (Å²) < 4.78 is 11.2. The average Bonchev–Trinajstić information content (AvgIpc) is 3.00. The first-order chi connectivity index (χ1) is 10.2. The van der Waals surface area contributed by atoms with E-state index in [4.69, 9.17) is 9.47 Å². The van der Waals surface area contributed by atoms with Crippen molar-refractivity contribution in [2.45, 2.75) is 57.0 Å². The first-order valence-electron chi connectivity index (χ1n) is 8.07. The van der Waals surface area contributed by atoms with Gasteiger partial charge in [-0.3, -0.25) is 4.79 Å². The van der Waals surface area contributed by atoms with Crippen molar-refractivity contribution in [2.75, 3.05) is 13.7 Å². The van der Waals surface area contributed by atoms with Gasteiger partial charge in [-0.2, -0.15) is 0 Å². The van der Waals surface area contributed by atoms with Gasteiger partial charge < -0.3 is 9.47 Å². The average molecular weight is 288 g/mol. The van der Waals surface area contributed by atoms with Gasteiger partial charge in [-0.05, 0) is 36.5 Å². The predicted octanol–water partition coefficient (Wildman–Crippen LogP) is 3.47. The second-order valence-corrected chi connectivity index (χ2v) is 6.22. The Balaban J connectivity index is 1.62. The number of fused-ring (bicyclic) bond motifs is 1. The van der Waals surface area contributed by atoms with E-state index in [1.807, 2.05) is 6.07 Å². The highest BCUT2D eigenvalue weighted by molar-refractivity contribution is 5.87. The van der Waals surface area contributed by atoms with Crippen molar-refractivity contribution in [3.63, 3.8) is 0 Å². The number of hydrogen-bond acceptors (Lipinski definition) is 3. The van der Waals surface area contributed by atoms with Crippen LogP contribution in [0.25, 0.3) is 0 Å². The first kappa shape index (κ1) is 14.6. The maximum Gasteiger partial charge on any atom is 0.164 e. The number of hydrogen-bond donors (Lipinski definition) is 0. The second kappa shape index (κ2) is 6.18. The Morgan fingerprint density at radius 1 is 1.29 bits per heavy atom. The van der Waals surface area contributed by atoms with Gasteiger partial charge in [0.05, 0.1) is 6.61 Å². The zero-order valence-corrected chi connectivity index (χ0v) is 12.8. The molecule has 0 radical (unpaired) electrons. The lowest BCUT2D eigenvalue weighted by Crippen LogP contribution is -2.42. The molecule has 0 atom stereocenters. The molecular weight excluding hydrogens is 264 g/mol. The number of aryl methyl sites for hydroxylation is 1. The highest BCUT2D eigenvalue weighted by Crippen LogP contribution is 2.33. The molecule has 21 heavy (non-hydrogen) atoms. The fraction of sp³-hybridized carbons (Fsp3) is 0.611. The quantitative estimate of drug-likeness (QED) is 0.832. The van der Waals surface area contributed by atoms with E-state index in [1.54, 1.807) is 7.11 Å². The Hall–Kier alpha value is -1.35. The number of carbonyl (C=O) groups excluding carboxylic acids is 1. The van der Waals surface area contributed by atoms with Crippen molar-refractivity contribution in [2.24, 2.45) is 0 Å². The molecule has 1 heterocycles. The molecule has 3 heteroatoms. The number of methoxy groups -OCH3 is 1. The van der Waals surface area contributed by atoms with Crippen LogP contribution in [0.4, 0.5) is 0 Å². The van der Waals surface area contributed by atoms with E-state index in [1.165, 1.54) is 17.5 Å². The molecule has 114 valence electrons. The summed E-state index contributed by atoms with van der Waals surface area (Å²) in [5.41, 5.74) is 2.01. The fourth-order valence-electron chi connectivity index (χ4n) is 3.60. The number of carbonyl (C=O) groups is 1. The van der Waals surface area contributed by atoms with Crippen LogP contribution < -0.4 is 4.74 Å². The summed E-state index contributed by atoms with van der Waals surface area (Å²) in [5, 5.41) is 0. The summed E-state index contributed by atoms with van der Waals surface area (Å²) in [6, 6.07) is 6.31. The number of benzene rings is 1. The van der Waals surface area contributed by atoms with Crippen molar-refractivity contribution in [3.05, 3.63) is 29.3 Å². The highest BCUT2D eigenvalue weighted by Gasteiger charge is 2.38. The molecule has 1 aliphatic carbocycles. The van der Waals surface area contributed by atoms with E-state index in [2.05, 4.69) is 12.1 Å². The largest absolute Gasteiger partial charge is 0.493 e. The maximum atomic E-state index is 12.6. The molecule has 0 unspecified atom stereocenters. The minimum Gasteiger partial charge on any atom is -0.493 e. The molecule has 1 fully saturated rings. The molecular formula is C18H24O3. The lowest BCUT2D eigenvalue weighted by molar-refractivity contribution is -0.145. The van der Waals surface area contributed by atoms with Crippen LogP contribution in [-0.2, 0) is 22.4 Å². The smallest absolute Gasteiger partial charge is 0.164 e. The maximum absolute atomic E-state index is 12.6. The summed E-state index contributed by atoms with van der Waals surface area (Å²) in [6.07, 6.45) is 7.58. The monoisotopic (exact) mass is 288 g/mol. The van der Waals surface area contributed by atoms with Crippen molar-refractivity contribution >= 4 is 5.78 Å². The van der Waals surface area contributed by atoms with Crippen LogP contribution in [0.15, 0.2) is 18.2 Å². The molecule has 1 aliphatic heterocycles. The van der Waals surface area contributed by atoms with Crippen molar-refractivity contribution in [1.82, 2.24) is 0 Å². The lowest BCUT2D eigenvalue weighted by atomic mass is 9.80. The molecule has 1 aromatic rings. The van der Waals surface area contributed by atoms with Crippen molar-refractivity contribution in [3.8, 4) is 5.75 Å². The van der Waals surface area contributed by atoms with E-state index in [0.29, 0.717) is 6.42 Å². The molecule has 3 rings (SSSR count). The number of rotatable bonds is 5. The van der Waals surface area contributed by atoms with Crippen molar-refractivity contribution < 1.29 is 14.3 Å². The summed E-state index contributed by atoms with van der Waals surface area (Å²) >= 11 is 0. The van der Waals surface area contributed by atoms with Gasteiger partial charge in [0, 0.05) is 20.0 Å².